The van der Waals surface area contributed by atoms with Crippen LogP contribution in [0.15, 0.2) is 59.8 Å². The van der Waals surface area contributed by atoms with Crippen LogP contribution in [0, 0.1) is 24.0 Å². The standard InChI is InChI=1S/C23H25N5O4/c1-16-22(28(31)32)17(2)27(25-16)15-18-10-12-20(13-11-18)23(29)24-14-6-9-21(26-30)19-7-4-3-5-8-19/h3-5,7-8,10-13,30H,6,9,14-15H2,1-2H3,(H,24,29)/b26-21-. The molecule has 0 aliphatic carbocycles. The van der Waals surface area contributed by atoms with Crippen molar-refractivity contribution in [1.82, 2.24) is 15.1 Å². The van der Waals surface area contributed by atoms with E-state index in [0.29, 0.717) is 48.6 Å². The normalized spacial score (nSPS) is 11.4. The Hall–Kier alpha value is -4.01. The predicted octanol–water partition coefficient (Wildman–Crippen LogP) is 3.84. The maximum atomic E-state index is 12.4. The van der Waals surface area contributed by atoms with E-state index in [1.54, 1.807) is 30.7 Å². The summed E-state index contributed by atoms with van der Waals surface area (Å²) in [5, 5.41) is 30.8. The fraction of sp³-hybridized carbons (Fsp3) is 0.261. The number of nitrogens with one attached hydrogen (secondary N) is 1. The Bertz CT molecular complexity index is 1120. The Morgan fingerprint density at radius 1 is 1.12 bits per heavy atom. The van der Waals surface area contributed by atoms with Crippen LogP contribution >= 0.6 is 0 Å². The molecule has 3 rings (SSSR count). The van der Waals surface area contributed by atoms with Crippen molar-refractivity contribution in [3.05, 3.63) is 92.8 Å². The topological polar surface area (TPSA) is 123 Å². The Balaban J connectivity index is 1.52. The van der Waals surface area contributed by atoms with E-state index in [1.807, 2.05) is 42.5 Å². The van der Waals surface area contributed by atoms with Crippen molar-refractivity contribution >= 4 is 17.3 Å². The number of nitrogens with zero attached hydrogens (tertiary/aromatic N) is 4. The van der Waals surface area contributed by atoms with Gasteiger partial charge in [0.15, 0.2) is 0 Å². The zero-order valence-corrected chi connectivity index (χ0v) is 18.0. The van der Waals surface area contributed by atoms with Gasteiger partial charge in [0.25, 0.3) is 5.91 Å². The molecule has 1 amide bonds. The molecular formula is C23H25N5O4. The number of rotatable bonds is 9. The van der Waals surface area contributed by atoms with Gasteiger partial charge in [0.05, 0.1) is 17.2 Å². The first-order chi connectivity index (χ1) is 15.4. The molecule has 0 radical (unpaired) electrons. The third-order valence-electron chi connectivity index (χ3n) is 5.18. The fourth-order valence-corrected chi connectivity index (χ4v) is 3.48. The highest BCUT2D eigenvalue weighted by atomic mass is 16.6. The summed E-state index contributed by atoms with van der Waals surface area (Å²) in [5.41, 5.74) is 3.74. The molecular weight excluding hydrogens is 410 g/mol. The number of aromatic nitrogens is 2. The van der Waals surface area contributed by atoms with Crippen LogP contribution in [0.25, 0.3) is 0 Å². The van der Waals surface area contributed by atoms with E-state index in [2.05, 4.69) is 15.6 Å². The van der Waals surface area contributed by atoms with E-state index >= 15 is 0 Å². The molecule has 2 aromatic carbocycles. The van der Waals surface area contributed by atoms with Gasteiger partial charge in [0.1, 0.15) is 11.4 Å². The molecule has 0 bridgehead atoms. The molecule has 9 heteroatoms. The quantitative estimate of drug-likeness (QED) is 0.174. The molecule has 1 heterocycles. The minimum Gasteiger partial charge on any atom is -0.411 e. The molecule has 0 unspecified atom stereocenters. The van der Waals surface area contributed by atoms with E-state index < -0.39 is 4.92 Å². The SMILES string of the molecule is Cc1nn(Cc2ccc(C(=O)NCCC/C(=N/O)c3ccccc3)cc2)c(C)c1[N+](=O)[O-]. The van der Waals surface area contributed by atoms with Gasteiger partial charge < -0.3 is 10.5 Å². The minimum absolute atomic E-state index is 0.0302. The Morgan fingerprint density at radius 2 is 1.81 bits per heavy atom. The molecule has 0 aliphatic rings. The molecule has 166 valence electrons. The van der Waals surface area contributed by atoms with Gasteiger partial charge in [-0.15, -0.1) is 0 Å². The van der Waals surface area contributed by atoms with Crippen molar-refractivity contribution in [1.29, 1.82) is 0 Å². The number of benzene rings is 2. The van der Waals surface area contributed by atoms with E-state index in [-0.39, 0.29) is 11.6 Å². The molecule has 0 spiro atoms. The largest absolute Gasteiger partial charge is 0.411 e. The van der Waals surface area contributed by atoms with Crippen LogP contribution < -0.4 is 5.32 Å². The lowest BCUT2D eigenvalue weighted by Crippen LogP contribution is -2.25. The van der Waals surface area contributed by atoms with Crippen LogP contribution in [0.2, 0.25) is 0 Å². The number of amides is 1. The van der Waals surface area contributed by atoms with Crippen LogP contribution in [0.3, 0.4) is 0 Å². The number of aryl methyl sites for hydroxylation is 1. The fourth-order valence-electron chi connectivity index (χ4n) is 3.48. The predicted molar refractivity (Wildman–Crippen MR) is 120 cm³/mol. The number of hydrogen-bond donors (Lipinski definition) is 2. The van der Waals surface area contributed by atoms with Crippen molar-refractivity contribution in [3.63, 3.8) is 0 Å². The molecule has 0 fully saturated rings. The van der Waals surface area contributed by atoms with Gasteiger partial charge in [0, 0.05) is 12.1 Å². The van der Waals surface area contributed by atoms with Crippen LogP contribution in [-0.2, 0) is 6.54 Å². The second-order valence-corrected chi connectivity index (χ2v) is 7.40. The van der Waals surface area contributed by atoms with Crippen molar-refractivity contribution in [3.8, 4) is 0 Å². The molecule has 2 N–H and O–H groups in total. The Labute approximate surface area is 185 Å². The first-order valence-corrected chi connectivity index (χ1v) is 10.2. The number of oxime groups is 1. The third kappa shape index (κ3) is 5.37. The summed E-state index contributed by atoms with van der Waals surface area (Å²) in [6.45, 7) is 4.11. The smallest absolute Gasteiger partial charge is 0.312 e. The summed E-state index contributed by atoms with van der Waals surface area (Å²) >= 11 is 0. The first kappa shape index (κ1) is 22.7. The number of carbonyl (C=O) groups is 1. The van der Waals surface area contributed by atoms with Gasteiger partial charge in [-0.2, -0.15) is 5.10 Å². The summed E-state index contributed by atoms with van der Waals surface area (Å²) in [5.74, 6) is -0.194. The summed E-state index contributed by atoms with van der Waals surface area (Å²) in [7, 11) is 0. The first-order valence-electron chi connectivity index (χ1n) is 10.2. The second-order valence-electron chi connectivity index (χ2n) is 7.40. The molecule has 0 aliphatic heterocycles. The van der Waals surface area contributed by atoms with Crippen molar-refractivity contribution in [2.45, 2.75) is 33.2 Å². The van der Waals surface area contributed by atoms with E-state index in [1.165, 1.54) is 0 Å². The molecule has 0 saturated carbocycles. The van der Waals surface area contributed by atoms with Gasteiger partial charge in [-0.25, -0.2) is 0 Å². The maximum absolute atomic E-state index is 12.4. The van der Waals surface area contributed by atoms with E-state index in [0.717, 1.165) is 11.1 Å². The van der Waals surface area contributed by atoms with Gasteiger partial charge >= 0.3 is 5.69 Å². The highest BCUT2D eigenvalue weighted by Crippen LogP contribution is 2.22. The van der Waals surface area contributed by atoms with Gasteiger partial charge in [-0.3, -0.25) is 19.6 Å². The van der Waals surface area contributed by atoms with Gasteiger partial charge in [-0.05, 0) is 49.9 Å². The van der Waals surface area contributed by atoms with Crippen molar-refractivity contribution in [2.24, 2.45) is 5.16 Å². The number of nitro groups is 1. The molecule has 9 nitrogen and oxygen atoms in total. The monoisotopic (exact) mass is 435 g/mol. The van der Waals surface area contributed by atoms with Crippen LogP contribution in [0.1, 0.15) is 45.7 Å². The molecule has 1 aromatic heterocycles. The van der Waals surface area contributed by atoms with E-state index in [4.69, 9.17) is 0 Å². The van der Waals surface area contributed by atoms with Gasteiger partial charge in [0.2, 0.25) is 0 Å². The Morgan fingerprint density at radius 3 is 2.41 bits per heavy atom. The minimum atomic E-state index is -0.420. The zero-order valence-electron chi connectivity index (χ0n) is 18.0. The molecule has 32 heavy (non-hydrogen) atoms. The molecule has 0 saturated heterocycles. The summed E-state index contributed by atoms with van der Waals surface area (Å²) in [4.78, 5) is 23.1. The van der Waals surface area contributed by atoms with Gasteiger partial charge in [-0.1, -0.05) is 47.6 Å². The lowest BCUT2D eigenvalue weighted by Gasteiger charge is -2.08. The molecule has 3 aromatic rings. The lowest BCUT2D eigenvalue weighted by atomic mass is 10.1. The average molecular weight is 435 g/mol. The Kier molecular flexibility index (Phi) is 7.33. The zero-order chi connectivity index (χ0) is 23.1. The maximum Gasteiger partial charge on any atom is 0.312 e. The summed E-state index contributed by atoms with van der Waals surface area (Å²) in [6.07, 6.45) is 1.17. The van der Waals surface area contributed by atoms with Crippen LogP contribution in [0.5, 0.6) is 0 Å². The summed E-state index contributed by atoms with van der Waals surface area (Å²) < 4.78 is 1.59. The van der Waals surface area contributed by atoms with E-state index in [9.17, 15) is 20.1 Å². The highest BCUT2D eigenvalue weighted by Gasteiger charge is 2.21. The van der Waals surface area contributed by atoms with Crippen molar-refractivity contribution < 1.29 is 14.9 Å². The molecule has 0 atom stereocenters. The third-order valence-corrected chi connectivity index (χ3v) is 5.18. The summed E-state index contributed by atoms with van der Waals surface area (Å²) in [6, 6.07) is 16.4. The van der Waals surface area contributed by atoms with Crippen molar-refractivity contribution in [2.75, 3.05) is 6.54 Å². The van der Waals surface area contributed by atoms with Crippen LogP contribution in [-0.4, -0.2) is 38.1 Å². The second kappa shape index (κ2) is 10.3. The van der Waals surface area contributed by atoms with Crippen LogP contribution in [0.4, 0.5) is 5.69 Å². The lowest BCUT2D eigenvalue weighted by molar-refractivity contribution is -0.386. The average Bonchev–Trinajstić information content (AvgIpc) is 3.07. The highest BCUT2D eigenvalue weighted by molar-refractivity contribution is 6.00. The number of carbonyl (C=O) groups excluding carboxylic acids is 1. The number of hydrogen-bond acceptors (Lipinski definition) is 6.